The average Bonchev–Trinajstić information content (AvgIpc) is 3.11. The van der Waals surface area contributed by atoms with Crippen molar-refractivity contribution in [1.82, 2.24) is 0 Å². The number of anilines is 1. The molecule has 1 heterocycles. The molecule has 5 heteroatoms. The van der Waals surface area contributed by atoms with Gasteiger partial charge in [-0.2, -0.15) is 0 Å². The normalized spacial score (nSPS) is 11.1. The Hall–Kier alpha value is -3.63. The third kappa shape index (κ3) is 4.13. The Morgan fingerprint density at radius 3 is 2.31 bits per heavy atom. The van der Waals surface area contributed by atoms with Crippen molar-refractivity contribution in [3.63, 3.8) is 0 Å². The molecule has 1 amide bonds. The molecular formula is C24H16ClNO3. The van der Waals surface area contributed by atoms with E-state index in [2.05, 4.69) is 5.32 Å². The third-order valence-electron chi connectivity index (χ3n) is 4.38. The van der Waals surface area contributed by atoms with E-state index >= 15 is 0 Å². The zero-order valence-electron chi connectivity index (χ0n) is 15.3. The Bertz CT molecular complexity index is 1210. The van der Waals surface area contributed by atoms with Gasteiger partial charge in [-0.1, -0.05) is 54.1 Å². The quantitative estimate of drug-likeness (QED) is 0.331. The van der Waals surface area contributed by atoms with Gasteiger partial charge < -0.3 is 9.73 Å². The first kappa shape index (κ1) is 18.7. The summed E-state index contributed by atoms with van der Waals surface area (Å²) >= 11 is 5.91. The number of benzene rings is 3. The first-order valence-electron chi connectivity index (χ1n) is 8.98. The van der Waals surface area contributed by atoms with Gasteiger partial charge in [0.1, 0.15) is 5.58 Å². The number of nitrogens with one attached hydrogen (secondary N) is 1. The second-order valence-electron chi connectivity index (χ2n) is 6.37. The highest BCUT2D eigenvalue weighted by Crippen LogP contribution is 2.32. The standard InChI is InChI=1S/C24H16ClNO3/c25-18-13-11-17(12-14-18)23(28)24-22(19-8-4-5-9-20(19)29-24)26-21(27)15-10-16-6-2-1-3-7-16/h1-15H,(H,26,27)/b15-10+. The lowest BCUT2D eigenvalue weighted by molar-refractivity contribution is -0.111. The number of fused-ring (bicyclic) bond motifs is 1. The SMILES string of the molecule is O=C(/C=C/c1ccccc1)Nc1c(C(=O)c2ccc(Cl)cc2)oc2ccccc12. The predicted octanol–water partition coefficient (Wildman–Crippen LogP) is 5.97. The van der Waals surface area contributed by atoms with Gasteiger partial charge in [0.2, 0.25) is 11.7 Å². The minimum absolute atomic E-state index is 0.0787. The van der Waals surface area contributed by atoms with E-state index in [0.29, 0.717) is 27.2 Å². The smallest absolute Gasteiger partial charge is 0.248 e. The molecule has 0 saturated heterocycles. The van der Waals surface area contributed by atoms with Crippen LogP contribution in [0.3, 0.4) is 0 Å². The molecule has 0 radical (unpaired) electrons. The van der Waals surface area contributed by atoms with Crippen molar-refractivity contribution in [2.45, 2.75) is 0 Å². The molecule has 0 aliphatic carbocycles. The molecule has 1 N–H and O–H groups in total. The first-order valence-corrected chi connectivity index (χ1v) is 9.35. The van der Waals surface area contributed by atoms with Gasteiger partial charge in [-0.3, -0.25) is 9.59 Å². The third-order valence-corrected chi connectivity index (χ3v) is 4.64. The Morgan fingerprint density at radius 1 is 0.862 bits per heavy atom. The predicted molar refractivity (Wildman–Crippen MR) is 115 cm³/mol. The van der Waals surface area contributed by atoms with Gasteiger partial charge >= 0.3 is 0 Å². The van der Waals surface area contributed by atoms with Gasteiger partial charge in [0.05, 0.1) is 5.69 Å². The molecule has 4 nitrogen and oxygen atoms in total. The highest BCUT2D eigenvalue weighted by Gasteiger charge is 2.22. The molecule has 0 unspecified atom stereocenters. The summed E-state index contributed by atoms with van der Waals surface area (Å²) in [6.45, 7) is 0. The molecule has 29 heavy (non-hydrogen) atoms. The molecule has 0 aliphatic rings. The number of hydrogen-bond donors (Lipinski definition) is 1. The zero-order chi connectivity index (χ0) is 20.2. The molecule has 142 valence electrons. The van der Waals surface area contributed by atoms with Crippen LogP contribution in [0.5, 0.6) is 0 Å². The molecule has 0 atom stereocenters. The lowest BCUT2D eigenvalue weighted by Gasteiger charge is -2.04. The summed E-state index contributed by atoms with van der Waals surface area (Å²) in [6.07, 6.45) is 3.13. The summed E-state index contributed by atoms with van der Waals surface area (Å²) in [5.41, 5.74) is 2.19. The summed E-state index contributed by atoms with van der Waals surface area (Å²) in [5.74, 6) is -0.610. The monoisotopic (exact) mass is 401 g/mol. The van der Waals surface area contributed by atoms with E-state index in [0.717, 1.165) is 5.56 Å². The number of rotatable bonds is 5. The van der Waals surface area contributed by atoms with E-state index in [1.807, 2.05) is 42.5 Å². The second kappa shape index (κ2) is 8.17. The Morgan fingerprint density at radius 2 is 1.55 bits per heavy atom. The van der Waals surface area contributed by atoms with Crippen LogP contribution in [0.2, 0.25) is 5.02 Å². The summed E-state index contributed by atoms with van der Waals surface area (Å²) in [4.78, 5) is 25.5. The van der Waals surface area contributed by atoms with Crippen molar-refractivity contribution in [2.24, 2.45) is 0 Å². The van der Waals surface area contributed by atoms with Crippen molar-refractivity contribution in [3.8, 4) is 0 Å². The minimum Gasteiger partial charge on any atom is -0.450 e. The molecule has 4 aromatic rings. The van der Waals surface area contributed by atoms with Gasteiger partial charge in [0.15, 0.2) is 5.76 Å². The Balaban J connectivity index is 1.68. The average molecular weight is 402 g/mol. The maximum atomic E-state index is 13.0. The summed E-state index contributed by atoms with van der Waals surface area (Å²) in [7, 11) is 0. The van der Waals surface area contributed by atoms with Gasteiger partial charge in [-0.05, 0) is 48.0 Å². The molecule has 1 aromatic heterocycles. The molecular weight excluding hydrogens is 386 g/mol. The van der Waals surface area contributed by atoms with Gasteiger partial charge in [-0.25, -0.2) is 0 Å². The van der Waals surface area contributed by atoms with Crippen LogP contribution in [-0.2, 0) is 4.79 Å². The van der Waals surface area contributed by atoms with Crippen molar-refractivity contribution < 1.29 is 14.0 Å². The minimum atomic E-state index is -0.356. The van der Waals surface area contributed by atoms with Gasteiger partial charge in [0.25, 0.3) is 0 Å². The summed E-state index contributed by atoms with van der Waals surface area (Å²) < 4.78 is 5.79. The second-order valence-corrected chi connectivity index (χ2v) is 6.81. The summed E-state index contributed by atoms with van der Waals surface area (Å²) in [6, 6.07) is 23.2. The van der Waals surface area contributed by atoms with Crippen LogP contribution in [-0.4, -0.2) is 11.7 Å². The van der Waals surface area contributed by atoms with Crippen molar-refractivity contribution in [3.05, 3.63) is 107 Å². The van der Waals surface area contributed by atoms with Crippen LogP contribution < -0.4 is 5.32 Å². The number of furan rings is 1. The van der Waals surface area contributed by atoms with E-state index in [1.165, 1.54) is 6.08 Å². The lowest BCUT2D eigenvalue weighted by Crippen LogP contribution is -2.11. The van der Waals surface area contributed by atoms with Crippen LogP contribution >= 0.6 is 11.6 Å². The number of amides is 1. The largest absolute Gasteiger partial charge is 0.450 e. The van der Waals surface area contributed by atoms with E-state index in [1.54, 1.807) is 42.5 Å². The Kier molecular flexibility index (Phi) is 5.27. The molecule has 0 bridgehead atoms. The fourth-order valence-electron chi connectivity index (χ4n) is 2.96. The van der Waals surface area contributed by atoms with E-state index in [4.69, 9.17) is 16.0 Å². The maximum absolute atomic E-state index is 13.0. The molecule has 3 aromatic carbocycles. The fraction of sp³-hybridized carbons (Fsp3) is 0. The zero-order valence-corrected chi connectivity index (χ0v) is 16.0. The molecule has 0 spiro atoms. The highest BCUT2D eigenvalue weighted by molar-refractivity contribution is 6.30. The highest BCUT2D eigenvalue weighted by atomic mass is 35.5. The lowest BCUT2D eigenvalue weighted by atomic mass is 10.1. The van der Waals surface area contributed by atoms with Crippen LogP contribution in [0.1, 0.15) is 21.7 Å². The number of ketones is 1. The molecule has 0 saturated carbocycles. The topological polar surface area (TPSA) is 59.3 Å². The fourth-order valence-corrected chi connectivity index (χ4v) is 3.09. The van der Waals surface area contributed by atoms with Crippen molar-refractivity contribution >= 4 is 46.0 Å². The first-order chi connectivity index (χ1) is 14.1. The van der Waals surface area contributed by atoms with Crippen LogP contribution in [0.4, 0.5) is 5.69 Å². The van der Waals surface area contributed by atoms with Crippen LogP contribution in [0.15, 0.2) is 89.4 Å². The molecule has 0 aliphatic heterocycles. The van der Waals surface area contributed by atoms with Crippen LogP contribution in [0.25, 0.3) is 17.0 Å². The number of carbonyl (C=O) groups is 2. The number of halogens is 1. The van der Waals surface area contributed by atoms with Crippen LogP contribution in [0, 0.1) is 0 Å². The van der Waals surface area contributed by atoms with E-state index < -0.39 is 0 Å². The molecule has 4 rings (SSSR count). The van der Waals surface area contributed by atoms with Crippen molar-refractivity contribution in [2.75, 3.05) is 5.32 Å². The van der Waals surface area contributed by atoms with Crippen molar-refractivity contribution in [1.29, 1.82) is 0 Å². The maximum Gasteiger partial charge on any atom is 0.248 e. The number of hydrogen-bond acceptors (Lipinski definition) is 3. The van der Waals surface area contributed by atoms with Gasteiger partial charge in [-0.15, -0.1) is 0 Å². The Labute approximate surface area is 172 Å². The number of para-hydroxylation sites is 1. The van der Waals surface area contributed by atoms with E-state index in [-0.39, 0.29) is 17.5 Å². The van der Waals surface area contributed by atoms with Gasteiger partial charge in [0, 0.05) is 22.0 Å². The molecule has 0 fully saturated rings. The van der Waals surface area contributed by atoms with E-state index in [9.17, 15) is 9.59 Å². The number of carbonyl (C=O) groups excluding carboxylic acids is 2. The summed E-state index contributed by atoms with van der Waals surface area (Å²) in [5, 5.41) is 3.99.